The van der Waals surface area contributed by atoms with Crippen molar-refractivity contribution in [2.45, 2.75) is 26.2 Å². The van der Waals surface area contributed by atoms with Crippen LogP contribution in [0.3, 0.4) is 0 Å². The highest BCUT2D eigenvalue weighted by molar-refractivity contribution is 5.97. The summed E-state index contributed by atoms with van der Waals surface area (Å²) in [6.45, 7) is 4.71. The van der Waals surface area contributed by atoms with Gasteiger partial charge in [-0.05, 0) is 42.7 Å². The minimum atomic E-state index is -0.550. The maximum Gasteiger partial charge on any atom is 0.253 e. The molecule has 2 aromatic carbocycles. The molecule has 0 aliphatic carbocycles. The van der Waals surface area contributed by atoms with Gasteiger partial charge in [0.25, 0.3) is 5.91 Å². The van der Waals surface area contributed by atoms with Gasteiger partial charge in [-0.3, -0.25) is 9.59 Å². The Bertz CT molecular complexity index is 819. The van der Waals surface area contributed by atoms with Crippen molar-refractivity contribution in [3.05, 3.63) is 65.0 Å². The lowest BCUT2D eigenvalue weighted by Gasteiger charge is -2.18. The minimum absolute atomic E-state index is 0.0352. The number of rotatable bonds is 3. The molecule has 0 radical (unpaired) electrons. The molecule has 0 saturated carbocycles. The molecule has 2 aromatic rings. The molecule has 25 heavy (non-hydrogen) atoms. The molecular formula is C20H21FN2O2. The van der Waals surface area contributed by atoms with E-state index in [1.165, 1.54) is 36.2 Å². The number of carbonyl (C=O) groups is 2. The van der Waals surface area contributed by atoms with Crippen LogP contribution in [0.1, 0.15) is 40.7 Å². The van der Waals surface area contributed by atoms with Crippen LogP contribution in [0.5, 0.6) is 0 Å². The number of carbonyl (C=O) groups excluding carboxylic acids is 2. The smallest absolute Gasteiger partial charge is 0.253 e. The van der Waals surface area contributed by atoms with Crippen molar-refractivity contribution >= 4 is 17.5 Å². The first-order valence-corrected chi connectivity index (χ1v) is 8.37. The lowest BCUT2D eigenvalue weighted by molar-refractivity contribution is -0.114. The number of anilines is 1. The van der Waals surface area contributed by atoms with Crippen molar-refractivity contribution in [3.63, 3.8) is 0 Å². The largest absolute Gasteiger partial charge is 0.338 e. The summed E-state index contributed by atoms with van der Waals surface area (Å²) >= 11 is 0. The third-order valence-electron chi connectivity index (χ3n) is 4.63. The maximum atomic E-state index is 13.8. The average Bonchev–Trinajstić information content (AvgIpc) is 3.06. The number of hydrogen-bond acceptors (Lipinski definition) is 2. The van der Waals surface area contributed by atoms with Crippen LogP contribution in [-0.4, -0.2) is 29.8 Å². The molecule has 0 spiro atoms. The average molecular weight is 340 g/mol. The molecule has 1 aliphatic rings. The fourth-order valence-electron chi connectivity index (χ4n) is 3.37. The number of amides is 2. The molecule has 5 heteroatoms. The third kappa shape index (κ3) is 3.71. The van der Waals surface area contributed by atoms with Crippen LogP contribution in [0.15, 0.2) is 42.5 Å². The number of halogens is 1. The summed E-state index contributed by atoms with van der Waals surface area (Å²) in [5, 5.41) is 2.42. The SMILES string of the molecule is CC(=O)Nc1cc(C(=O)N2CCC(c3ccccc3C)C2)ccc1F. The first-order valence-electron chi connectivity index (χ1n) is 8.37. The van der Waals surface area contributed by atoms with Gasteiger partial charge < -0.3 is 10.2 Å². The molecule has 130 valence electrons. The molecule has 1 fully saturated rings. The Kier molecular flexibility index (Phi) is 4.83. The first kappa shape index (κ1) is 17.1. The van der Waals surface area contributed by atoms with Crippen molar-refractivity contribution in [2.24, 2.45) is 0 Å². The quantitative estimate of drug-likeness (QED) is 0.926. The predicted molar refractivity (Wildman–Crippen MR) is 95.1 cm³/mol. The van der Waals surface area contributed by atoms with Crippen LogP contribution in [0.2, 0.25) is 0 Å². The summed E-state index contributed by atoms with van der Waals surface area (Å²) in [6.07, 6.45) is 0.913. The van der Waals surface area contributed by atoms with Gasteiger partial charge in [-0.1, -0.05) is 24.3 Å². The Morgan fingerprint density at radius 2 is 1.96 bits per heavy atom. The van der Waals surface area contributed by atoms with Crippen LogP contribution in [0, 0.1) is 12.7 Å². The summed E-state index contributed by atoms with van der Waals surface area (Å²) < 4.78 is 13.8. The van der Waals surface area contributed by atoms with E-state index < -0.39 is 5.82 Å². The molecule has 0 aromatic heterocycles. The second-order valence-electron chi connectivity index (χ2n) is 6.47. The fraction of sp³-hybridized carbons (Fsp3) is 0.300. The highest BCUT2D eigenvalue weighted by atomic mass is 19.1. The second kappa shape index (κ2) is 7.05. The van der Waals surface area contributed by atoms with Crippen molar-refractivity contribution in [3.8, 4) is 0 Å². The first-order chi connectivity index (χ1) is 12.0. The second-order valence-corrected chi connectivity index (χ2v) is 6.47. The Balaban J connectivity index is 1.76. The van der Waals surface area contributed by atoms with Crippen LogP contribution in [0.25, 0.3) is 0 Å². The van der Waals surface area contributed by atoms with Gasteiger partial charge in [-0.2, -0.15) is 0 Å². The Morgan fingerprint density at radius 1 is 1.20 bits per heavy atom. The Labute approximate surface area is 146 Å². The van der Waals surface area contributed by atoms with Crippen molar-refractivity contribution in [1.29, 1.82) is 0 Å². The van der Waals surface area contributed by atoms with Gasteiger partial charge in [0.05, 0.1) is 5.69 Å². The van der Waals surface area contributed by atoms with Crippen LogP contribution in [0.4, 0.5) is 10.1 Å². The molecule has 3 rings (SSSR count). The molecule has 1 N–H and O–H groups in total. The van der Waals surface area contributed by atoms with Gasteiger partial charge in [-0.15, -0.1) is 0 Å². The lowest BCUT2D eigenvalue weighted by atomic mass is 9.94. The van der Waals surface area contributed by atoms with E-state index in [-0.39, 0.29) is 17.5 Å². The molecule has 2 amide bonds. The summed E-state index contributed by atoms with van der Waals surface area (Å²) in [7, 11) is 0. The molecule has 1 atom stereocenters. The number of aryl methyl sites for hydroxylation is 1. The topological polar surface area (TPSA) is 49.4 Å². The van der Waals surface area contributed by atoms with E-state index in [0.717, 1.165) is 6.42 Å². The number of nitrogens with zero attached hydrogens (tertiary/aromatic N) is 1. The van der Waals surface area contributed by atoms with E-state index in [0.29, 0.717) is 24.6 Å². The van der Waals surface area contributed by atoms with E-state index in [2.05, 4.69) is 24.4 Å². The van der Waals surface area contributed by atoms with Gasteiger partial charge in [0.2, 0.25) is 5.91 Å². The van der Waals surface area contributed by atoms with E-state index in [1.807, 2.05) is 12.1 Å². The molecule has 1 saturated heterocycles. The van der Waals surface area contributed by atoms with E-state index in [4.69, 9.17) is 0 Å². The standard InChI is InChI=1S/C20H21FN2O2/c1-13-5-3-4-6-17(13)16-9-10-23(12-16)20(25)15-7-8-18(21)19(11-15)22-14(2)24/h3-8,11,16H,9-10,12H2,1-2H3,(H,22,24). The number of hydrogen-bond donors (Lipinski definition) is 1. The van der Waals surface area contributed by atoms with Crippen LogP contribution >= 0.6 is 0 Å². The summed E-state index contributed by atoms with van der Waals surface area (Å²) in [5.41, 5.74) is 2.93. The van der Waals surface area contributed by atoms with Crippen LogP contribution < -0.4 is 5.32 Å². The Hall–Kier alpha value is -2.69. The van der Waals surface area contributed by atoms with Crippen molar-refractivity contribution < 1.29 is 14.0 Å². The zero-order chi connectivity index (χ0) is 18.0. The molecule has 1 heterocycles. The van der Waals surface area contributed by atoms with Gasteiger partial charge in [0, 0.05) is 31.5 Å². The lowest BCUT2D eigenvalue weighted by Crippen LogP contribution is -2.28. The normalized spacial score (nSPS) is 16.8. The van der Waals surface area contributed by atoms with Gasteiger partial charge in [0.1, 0.15) is 5.82 Å². The minimum Gasteiger partial charge on any atom is -0.338 e. The highest BCUT2D eigenvalue weighted by Gasteiger charge is 2.29. The van der Waals surface area contributed by atoms with Gasteiger partial charge in [-0.25, -0.2) is 4.39 Å². The molecule has 0 bridgehead atoms. The zero-order valence-electron chi connectivity index (χ0n) is 14.4. The van der Waals surface area contributed by atoms with Crippen molar-refractivity contribution in [1.82, 2.24) is 4.90 Å². The fourth-order valence-corrected chi connectivity index (χ4v) is 3.37. The predicted octanol–water partition coefficient (Wildman–Crippen LogP) is 3.72. The molecule has 1 aliphatic heterocycles. The third-order valence-corrected chi connectivity index (χ3v) is 4.63. The highest BCUT2D eigenvalue weighted by Crippen LogP contribution is 2.30. The number of benzene rings is 2. The van der Waals surface area contributed by atoms with Crippen molar-refractivity contribution in [2.75, 3.05) is 18.4 Å². The van der Waals surface area contributed by atoms with Gasteiger partial charge >= 0.3 is 0 Å². The number of nitrogens with one attached hydrogen (secondary N) is 1. The van der Waals surface area contributed by atoms with Crippen LogP contribution in [-0.2, 0) is 4.79 Å². The summed E-state index contributed by atoms with van der Waals surface area (Å²) in [5.74, 6) is -0.738. The maximum absolute atomic E-state index is 13.8. The van der Waals surface area contributed by atoms with E-state index in [9.17, 15) is 14.0 Å². The molecular weight excluding hydrogens is 319 g/mol. The van der Waals surface area contributed by atoms with Gasteiger partial charge in [0.15, 0.2) is 0 Å². The van der Waals surface area contributed by atoms with E-state index >= 15 is 0 Å². The van der Waals surface area contributed by atoms with E-state index in [1.54, 1.807) is 4.90 Å². The molecule has 1 unspecified atom stereocenters. The monoisotopic (exact) mass is 340 g/mol. The summed E-state index contributed by atoms with van der Waals surface area (Å²) in [4.78, 5) is 25.7. The Morgan fingerprint density at radius 3 is 2.68 bits per heavy atom. The summed E-state index contributed by atoms with van der Waals surface area (Å²) in [6, 6.07) is 12.3. The molecule has 4 nitrogen and oxygen atoms in total. The number of likely N-dealkylation sites (tertiary alicyclic amines) is 1. The zero-order valence-corrected chi connectivity index (χ0v) is 14.4.